The van der Waals surface area contributed by atoms with Crippen LogP contribution in [0.25, 0.3) is 0 Å². The molecular formula is C9H12N2O2. The van der Waals surface area contributed by atoms with Gasteiger partial charge < -0.3 is 9.32 Å². The zero-order chi connectivity index (χ0) is 9.42. The number of hydrogen-bond donors (Lipinski definition) is 0. The van der Waals surface area contributed by atoms with Gasteiger partial charge in [0.25, 0.3) is 0 Å². The van der Waals surface area contributed by atoms with E-state index in [1.54, 1.807) is 18.0 Å². The number of carbonyl (C=O) groups excluding carboxylic acids is 1. The smallest absolute Gasteiger partial charge is 0.220 e. The summed E-state index contributed by atoms with van der Waals surface area (Å²) in [5.41, 5.74) is 0. The summed E-state index contributed by atoms with van der Waals surface area (Å²) in [4.78, 5) is 17.0. The van der Waals surface area contributed by atoms with Gasteiger partial charge in [-0.1, -0.05) is 0 Å². The fourth-order valence-electron chi connectivity index (χ4n) is 1.55. The van der Waals surface area contributed by atoms with Crippen LogP contribution in [0.1, 0.15) is 31.0 Å². The fraction of sp³-hybridized carbons (Fsp3) is 0.556. The predicted molar refractivity (Wildman–Crippen MR) is 46.0 cm³/mol. The highest BCUT2D eigenvalue weighted by Crippen LogP contribution is 2.32. The molecule has 1 aromatic rings. The average molecular weight is 180 g/mol. The summed E-state index contributed by atoms with van der Waals surface area (Å²) in [6.07, 6.45) is 2.64. The third-order valence-corrected chi connectivity index (χ3v) is 2.35. The molecule has 1 amide bonds. The van der Waals surface area contributed by atoms with Crippen molar-refractivity contribution in [1.82, 2.24) is 9.88 Å². The number of amides is 1. The van der Waals surface area contributed by atoms with E-state index in [4.69, 9.17) is 4.42 Å². The average Bonchev–Trinajstić information content (AvgIpc) is 2.32. The van der Waals surface area contributed by atoms with Gasteiger partial charge in [0.05, 0.1) is 6.20 Å². The van der Waals surface area contributed by atoms with Crippen LogP contribution >= 0.6 is 0 Å². The first-order valence-corrected chi connectivity index (χ1v) is 4.38. The SMILES string of the molecule is CC(=O)N1CCC1c1ncc(C)o1. The molecule has 0 aromatic carbocycles. The zero-order valence-electron chi connectivity index (χ0n) is 7.78. The molecule has 1 aliphatic rings. The maximum absolute atomic E-state index is 11.1. The molecule has 70 valence electrons. The number of carbonyl (C=O) groups is 1. The van der Waals surface area contributed by atoms with E-state index in [2.05, 4.69) is 4.98 Å². The van der Waals surface area contributed by atoms with Crippen molar-refractivity contribution in [3.05, 3.63) is 17.8 Å². The van der Waals surface area contributed by atoms with Gasteiger partial charge in [-0.05, 0) is 13.3 Å². The number of rotatable bonds is 1. The van der Waals surface area contributed by atoms with Crippen LogP contribution < -0.4 is 0 Å². The highest BCUT2D eigenvalue weighted by molar-refractivity contribution is 5.74. The Morgan fingerprint density at radius 1 is 1.77 bits per heavy atom. The molecule has 1 unspecified atom stereocenters. The lowest BCUT2D eigenvalue weighted by Crippen LogP contribution is -2.44. The second kappa shape index (κ2) is 2.87. The second-order valence-electron chi connectivity index (χ2n) is 3.33. The Morgan fingerprint density at radius 3 is 2.92 bits per heavy atom. The minimum absolute atomic E-state index is 0.0752. The minimum Gasteiger partial charge on any atom is -0.444 e. The summed E-state index contributed by atoms with van der Waals surface area (Å²) in [6.45, 7) is 4.25. The van der Waals surface area contributed by atoms with Crippen LogP contribution in [0.4, 0.5) is 0 Å². The van der Waals surface area contributed by atoms with Crippen molar-refractivity contribution >= 4 is 5.91 Å². The molecule has 0 bridgehead atoms. The van der Waals surface area contributed by atoms with Crippen molar-refractivity contribution < 1.29 is 9.21 Å². The Hall–Kier alpha value is -1.32. The highest BCUT2D eigenvalue weighted by atomic mass is 16.4. The van der Waals surface area contributed by atoms with E-state index >= 15 is 0 Å². The van der Waals surface area contributed by atoms with E-state index in [0.29, 0.717) is 5.89 Å². The van der Waals surface area contributed by atoms with Crippen molar-refractivity contribution in [2.75, 3.05) is 6.54 Å². The van der Waals surface area contributed by atoms with Gasteiger partial charge in [-0.3, -0.25) is 4.79 Å². The van der Waals surface area contributed by atoms with Crippen molar-refractivity contribution in [2.45, 2.75) is 26.3 Å². The van der Waals surface area contributed by atoms with Gasteiger partial charge in [-0.25, -0.2) is 4.98 Å². The zero-order valence-corrected chi connectivity index (χ0v) is 7.78. The van der Waals surface area contributed by atoms with Crippen LogP contribution in [0.3, 0.4) is 0 Å². The molecule has 0 saturated carbocycles. The first-order chi connectivity index (χ1) is 6.18. The molecule has 0 aliphatic carbocycles. The number of likely N-dealkylation sites (tertiary alicyclic amines) is 1. The van der Waals surface area contributed by atoms with Gasteiger partial charge in [-0.2, -0.15) is 0 Å². The molecule has 0 spiro atoms. The standard InChI is InChI=1S/C9H12N2O2/c1-6-5-10-9(13-6)8-3-4-11(8)7(2)12/h5,8H,3-4H2,1-2H3. The summed E-state index contributed by atoms with van der Waals surface area (Å²) < 4.78 is 5.36. The summed E-state index contributed by atoms with van der Waals surface area (Å²) in [5, 5.41) is 0. The Labute approximate surface area is 76.6 Å². The number of hydrogen-bond acceptors (Lipinski definition) is 3. The van der Waals surface area contributed by atoms with Gasteiger partial charge >= 0.3 is 0 Å². The van der Waals surface area contributed by atoms with E-state index in [1.165, 1.54) is 0 Å². The summed E-state index contributed by atoms with van der Waals surface area (Å²) in [7, 11) is 0. The molecule has 1 atom stereocenters. The fourth-order valence-corrected chi connectivity index (χ4v) is 1.55. The van der Waals surface area contributed by atoms with Gasteiger partial charge in [0, 0.05) is 13.5 Å². The normalized spacial score (nSPS) is 21.4. The quantitative estimate of drug-likeness (QED) is 0.654. The third kappa shape index (κ3) is 1.32. The topological polar surface area (TPSA) is 46.3 Å². The number of aromatic nitrogens is 1. The summed E-state index contributed by atoms with van der Waals surface area (Å²) >= 11 is 0. The van der Waals surface area contributed by atoms with Crippen molar-refractivity contribution in [3.63, 3.8) is 0 Å². The Bertz CT molecular complexity index is 332. The first-order valence-electron chi connectivity index (χ1n) is 4.38. The lowest BCUT2D eigenvalue weighted by Gasteiger charge is -2.38. The molecule has 13 heavy (non-hydrogen) atoms. The monoisotopic (exact) mass is 180 g/mol. The maximum atomic E-state index is 11.1. The van der Waals surface area contributed by atoms with Crippen LogP contribution in [-0.2, 0) is 4.79 Å². The Kier molecular flexibility index (Phi) is 1.83. The van der Waals surface area contributed by atoms with Gasteiger partial charge in [0.15, 0.2) is 0 Å². The largest absolute Gasteiger partial charge is 0.444 e. The molecular weight excluding hydrogens is 168 g/mol. The van der Waals surface area contributed by atoms with Crippen LogP contribution in [0, 0.1) is 6.92 Å². The molecule has 0 N–H and O–H groups in total. The van der Waals surface area contributed by atoms with Crippen molar-refractivity contribution in [3.8, 4) is 0 Å². The minimum atomic E-state index is 0.0752. The second-order valence-corrected chi connectivity index (χ2v) is 3.33. The van der Waals surface area contributed by atoms with Crippen LogP contribution in [-0.4, -0.2) is 22.3 Å². The van der Waals surface area contributed by atoms with E-state index in [-0.39, 0.29) is 11.9 Å². The van der Waals surface area contributed by atoms with Crippen molar-refractivity contribution in [1.29, 1.82) is 0 Å². The van der Waals surface area contributed by atoms with Crippen LogP contribution in [0.5, 0.6) is 0 Å². The Balaban J connectivity index is 2.14. The molecule has 1 aliphatic heterocycles. The molecule has 2 rings (SSSR count). The van der Waals surface area contributed by atoms with Gasteiger partial charge in [-0.15, -0.1) is 0 Å². The molecule has 4 heteroatoms. The first kappa shape index (κ1) is 8.29. The lowest BCUT2D eigenvalue weighted by molar-refractivity contribution is -0.137. The Morgan fingerprint density at radius 2 is 2.54 bits per heavy atom. The van der Waals surface area contributed by atoms with Crippen LogP contribution in [0.2, 0.25) is 0 Å². The third-order valence-electron chi connectivity index (χ3n) is 2.35. The number of nitrogens with zero attached hydrogens (tertiary/aromatic N) is 2. The predicted octanol–water partition coefficient (Wildman–Crippen LogP) is 1.28. The highest BCUT2D eigenvalue weighted by Gasteiger charge is 2.34. The maximum Gasteiger partial charge on any atom is 0.220 e. The molecule has 0 radical (unpaired) electrons. The van der Waals surface area contributed by atoms with E-state index in [9.17, 15) is 4.79 Å². The lowest BCUT2D eigenvalue weighted by atomic mass is 10.0. The molecule has 2 heterocycles. The van der Waals surface area contributed by atoms with Crippen molar-refractivity contribution in [2.24, 2.45) is 0 Å². The van der Waals surface area contributed by atoms with Gasteiger partial charge in [0.2, 0.25) is 11.8 Å². The molecule has 4 nitrogen and oxygen atoms in total. The number of aryl methyl sites for hydroxylation is 1. The summed E-state index contributed by atoms with van der Waals surface area (Å²) in [6, 6.07) is 0.0752. The van der Waals surface area contributed by atoms with E-state index in [1.807, 2.05) is 6.92 Å². The number of oxazole rings is 1. The molecule has 1 fully saturated rings. The molecule has 1 aromatic heterocycles. The van der Waals surface area contributed by atoms with Gasteiger partial charge in [0.1, 0.15) is 11.8 Å². The summed E-state index contributed by atoms with van der Waals surface area (Å²) in [5.74, 6) is 1.55. The van der Waals surface area contributed by atoms with E-state index < -0.39 is 0 Å². The van der Waals surface area contributed by atoms with Crippen LogP contribution in [0.15, 0.2) is 10.6 Å². The molecule has 1 saturated heterocycles. The van der Waals surface area contributed by atoms with E-state index in [0.717, 1.165) is 18.7 Å².